The Labute approximate surface area is 210 Å². The number of hydrogen-bond acceptors (Lipinski definition) is 7. The van der Waals surface area contributed by atoms with Crippen molar-refractivity contribution < 1.29 is 23.9 Å². The van der Waals surface area contributed by atoms with E-state index in [4.69, 9.17) is 9.47 Å². The van der Waals surface area contributed by atoms with Crippen molar-refractivity contribution in [3.8, 4) is 5.75 Å². The van der Waals surface area contributed by atoms with Crippen LogP contribution in [0.2, 0.25) is 0 Å². The number of esters is 1. The van der Waals surface area contributed by atoms with Gasteiger partial charge in [0.2, 0.25) is 0 Å². The lowest BCUT2D eigenvalue weighted by molar-refractivity contribution is -0.141. The molecule has 2 aromatic rings. The van der Waals surface area contributed by atoms with Crippen LogP contribution in [-0.4, -0.2) is 48.1 Å². The molecule has 3 rings (SSSR count). The number of hydrogen-bond donors (Lipinski definition) is 3. The van der Waals surface area contributed by atoms with Crippen LogP contribution in [0.15, 0.2) is 29.6 Å². The lowest BCUT2D eigenvalue weighted by atomic mass is 9.91. The van der Waals surface area contributed by atoms with Gasteiger partial charge in [-0.05, 0) is 56.2 Å². The second kappa shape index (κ2) is 13.1. The van der Waals surface area contributed by atoms with E-state index in [0.29, 0.717) is 18.2 Å². The van der Waals surface area contributed by atoms with Gasteiger partial charge >= 0.3 is 12.0 Å². The van der Waals surface area contributed by atoms with E-state index in [2.05, 4.69) is 46.9 Å². The molecule has 190 valence electrons. The molecule has 1 saturated carbocycles. The summed E-state index contributed by atoms with van der Waals surface area (Å²) in [6.07, 6.45) is 2.98. The molecule has 10 heteroatoms. The summed E-state index contributed by atoms with van der Waals surface area (Å²) in [5, 5.41) is 10.9. The molecule has 1 aliphatic carbocycles. The first-order valence-electron chi connectivity index (χ1n) is 12.0. The van der Waals surface area contributed by atoms with E-state index in [1.165, 1.54) is 16.9 Å². The molecule has 1 aromatic carbocycles. The van der Waals surface area contributed by atoms with Crippen molar-refractivity contribution in [2.24, 2.45) is 0 Å². The number of rotatable bonds is 10. The molecule has 9 nitrogen and oxygen atoms in total. The second-order valence-corrected chi connectivity index (χ2v) is 9.74. The van der Waals surface area contributed by atoms with Crippen LogP contribution in [0.4, 0.5) is 4.79 Å². The Kier molecular flexibility index (Phi) is 9.89. The molecule has 0 bridgehead atoms. The summed E-state index contributed by atoms with van der Waals surface area (Å²) < 4.78 is 10.6. The van der Waals surface area contributed by atoms with Crippen molar-refractivity contribution in [2.45, 2.75) is 71.1 Å². The van der Waals surface area contributed by atoms with E-state index in [1.807, 2.05) is 12.1 Å². The van der Waals surface area contributed by atoms with Gasteiger partial charge in [-0.3, -0.25) is 9.59 Å². The molecule has 0 saturated heterocycles. The summed E-state index contributed by atoms with van der Waals surface area (Å²) in [6, 6.07) is 7.66. The number of carbonyl (C=O) groups is 3. The molecule has 1 aliphatic rings. The Bertz CT molecular complexity index is 984. The first-order chi connectivity index (χ1) is 16.8. The largest absolute Gasteiger partial charge is 0.486 e. The maximum absolute atomic E-state index is 12.6. The molecule has 0 atom stereocenters. The Morgan fingerprint density at radius 3 is 2.34 bits per heavy atom. The Morgan fingerprint density at radius 2 is 1.71 bits per heavy atom. The fraction of sp³-hybridized carbons (Fsp3) is 0.520. The fourth-order valence-corrected chi connectivity index (χ4v) is 4.50. The number of aromatic nitrogens is 1. The predicted octanol–water partition coefficient (Wildman–Crippen LogP) is 3.75. The summed E-state index contributed by atoms with van der Waals surface area (Å²) in [6.45, 7) is 6.45. The highest BCUT2D eigenvalue weighted by molar-refractivity contribution is 7.09. The number of carbonyl (C=O) groups excluding carboxylic acids is 3. The Hall–Kier alpha value is -3.14. The number of urea groups is 1. The van der Waals surface area contributed by atoms with Crippen LogP contribution >= 0.6 is 11.3 Å². The molecule has 0 spiro atoms. The Balaban J connectivity index is 1.37. The van der Waals surface area contributed by atoms with E-state index in [0.717, 1.165) is 36.4 Å². The maximum atomic E-state index is 12.6. The van der Waals surface area contributed by atoms with E-state index < -0.39 is 12.0 Å². The van der Waals surface area contributed by atoms with Crippen LogP contribution in [0.5, 0.6) is 5.75 Å². The van der Waals surface area contributed by atoms with Gasteiger partial charge in [0.1, 0.15) is 29.6 Å². The third-order valence-corrected chi connectivity index (χ3v) is 6.61. The predicted molar refractivity (Wildman–Crippen MR) is 134 cm³/mol. The molecule has 1 heterocycles. The highest BCUT2D eigenvalue weighted by atomic mass is 32.1. The summed E-state index contributed by atoms with van der Waals surface area (Å²) >= 11 is 1.40. The highest BCUT2D eigenvalue weighted by Crippen LogP contribution is 2.21. The zero-order valence-electron chi connectivity index (χ0n) is 20.5. The summed E-state index contributed by atoms with van der Waals surface area (Å²) in [7, 11) is 0. The molecule has 3 amide bonds. The van der Waals surface area contributed by atoms with E-state index in [-0.39, 0.29) is 31.1 Å². The fourth-order valence-electron chi connectivity index (χ4n) is 3.82. The molecule has 0 aliphatic heterocycles. The molecule has 1 fully saturated rings. The topological polar surface area (TPSA) is 119 Å². The SMILES string of the molecule is CCOC(=O)CNC(=O)NC1CCC(NC(=O)c2csc(COc3ccc(C(C)C)cc3)n2)CC1. The van der Waals surface area contributed by atoms with Crippen LogP contribution in [0.1, 0.15) is 73.4 Å². The second-order valence-electron chi connectivity index (χ2n) is 8.79. The Morgan fingerprint density at radius 1 is 1.06 bits per heavy atom. The van der Waals surface area contributed by atoms with Crippen molar-refractivity contribution in [3.63, 3.8) is 0 Å². The molecular weight excluding hydrogens is 468 g/mol. The number of thiazole rings is 1. The molecular formula is C25H34N4O5S. The normalized spacial score (nSPS) is 17.5. The molecule has 0 unspecified atom stereocenters. The molecule has 3 N–H and O–H groups in total. The number of benzene rings is 1. The quantitative estimate of drug-likeness (QED) is 0.426. The van der Waals surface area contributed by atoms with Gasteiger partial charge in [-0.15, -0.1) is 11.3 Å². The van der Waals surface area contributed by atoms with Crippen LogP contribution in [0, 0.1) is 0 Å². The van der Waals surface area contributed by atoms with Crippen molar-refractivity contribution in [1.29, 1.82) is 0 Å². The van der Waals surface area contributed by atoms with E-state index >= 15 is 0 Å². The van der Waals surface area contributed by atoms with Gasteiger partial charge < -0.3 is 25.4 Å². The molecule has 1 aromatic heterocycles. The van der Waals surface area contributed by atoms with E-state index in [9.17, 15) is 14.4 Å². The molecule has 0 radical (unpaired) electrons. The number of nitrogens with one attached hydrogen (secondary N) is 3. The summed E-state index contributed by atoms with van der Waals surface area (Å²) in [5.41, 5.74) is 1.65. The van der Waals surface area contributed by atoms with Crippen molar-refractivity contribution in [3.05, 3.63) is 45.9 Å². The maximum Gasteiger partial charge on any atom is 0.325 e. The van der Waals surface area contributed by atoms with Crippen LogP contribution < -0.4 is 20.7 Å². The third kappa shape index (κ3) is 8.54. The minimum absolute atomic E-state index is 0.00275. The van der Waals surface area contributed by atoms with Gasteiger partial charge in [0.25, 0.3) is 5.91 Å². The number of ether oxygens (including phenoxy) is 2. The van der Waals surface area contributed by atoms with Gasteiger partial charge in [0.05, 0.1) is 6.61 Å². The average Bonchev–Trinajstić information content (AvgIpc) is 3.32. The third-order valence-electron chi connectivity index (χ3n) is 5.79. The zero-order chi connectivity index (χ0) is 25.2. The van der Waals surface area contributed by atoms with Crippen molar-refractivity contribution >= 4 is 29.2 Å². The van der Waals surface area contributed by atoms with Crippen molar-refractivity contribution in [2.75, 3.05) is 13.2 Å². The van der Waals surface area contributed by atoms with Crippen LogP contribution in [0.3, 0.4) is 0 Å². The minimum Gasteiger partial charge on any atom is -0.486 e. The van der Waals surface area contributed by atoms with Gasteiger partial charge in [-0.2, -0.15) is 0 Å². The minimum atomic E-state index is -0.467. The van der Waals surface area contributed by atoms with Gasteiger partial charge in [-0.25, -0.2) is 9.78 Å². The van der Waals surface area contributed by atoms with E-state index in [1.54, 1.807) is 12.3 Å². The van der Waals surface area contributed by atoms with Crippen LogP contribution in [0.25, 0.3) is 0 Å². The monoisotopic (exact) mass is 502 g/mol. The van der Waals surface area contributed by atoms with Gasteiger partial charge in [-0.1, -0.05) is 26.0 Å². The highest BCUT2D eigenvalue weighted by Gasteiger charge is 2.24. The number of amides is 3. The standard InChI is InChI=1S/C25H34N4O5S/c1-4-33-23(30)13-26-25(32)28-19-9-7-18(8-10-19)27-24(31)21-15-35-22(29-21)14-34-20-11-5-17(6-12-20)16(2)3/h5-6,11-12,15-16,18-19H,4,7-10,13-14H2,1-3H3,(H,27,31)(H2,26,28,32). The van der Waals surface area contributed by atoms with Gasteiger partial charge in [0, 0.05) is 17.5 Å². The molecule has 35 heavy (non-hydrogen) atoms. The summed E-state index contributed by atoms with van der Waals surface area (Å²) in [5.74, 6) is 0.580. The summed E-state index contributed by atoms with van der Waals surface area (Å²) in [4.78, 5) is 40.3. The lowest BCUT2D eigenvalue weighted by Crippen LogP contribution is -2.47. The smallest absolute Gasteiger partial charge is 0.325 e. The first kappa shape index (κ1) is 26.5. The van der Waals surface area contributed by atoms with Crippen molar-refractivity contribution in [1.82, 2.24) is 20.9 Å². The first-order valence-corrected chi connectivity index (χ1v) is 12.9. The van der Waals surface area contributed by atoms with Crippen LogP contribution in [-0.2, 0) is 16.1 Å². The zero-order valence-corrected chi connectivity index (χ0v) is 21.3. The average molecular weight is 503 g/mol. The number of nitrogens with zero attached hydrogens (tertiary/aromatic N) is 1. The lowest BCUT2D eigenvalue weighted by Gasteiger charge is -2.29. The van der Waals surface area contributed by atoms with Gasteiger partial charge in [0.15, 0.2) is 0 Å².